The third-order valence-electron chi connectivity index (χ3n) is 2.25. The summed E-state index contributed by atoms with van der Waals surface area (Å²) in [5.41, 5.74) is 2.21. The van der Waals surface area contributed by atoms with Gasteiger partial charge in [0.25, 0.3) is 0 Å². The number of hydrogen-bond acceptors (Lipinski definition) is 5. The van der Waals surface area contributed by atoms with Crippen LogP contribution in [0.3, 0.4) is 0 Å². The van der Waals surface area contributed by atoms with Crippen LogP contribution in [0.25, 0.3) is 11.3 Å². The summed E-state index contributed by atoms with van der Waals surface area (Å²) < 4.78 is 22.3. The Bertz CT molecular complexity index is 694. The van der Waals surface area contributed by atoms with Crippen molar-refractivity contribution in [1.29, 1.82) is 5.26 Å². The van der Waals surface area contributed by atoms with Crippen LogP contribution >= 0.6 is 11.3 Å². The standard InChI is InChI=1S/C12H10N2O2S2/c1-18(15,16)8-12-14-11(7-17-12)10-4-2-9(6-13)3-5-10/h2-5,7H,8H2,1H3. The minimum Gasteiger partial charge on any atom is -0.240 e. The molecular weight excluding hydrogens is 268 g/mol. The van der Waals surface area contributed by atoms with E-state index in [-0.39, 0.29) is 5.75 Å². The molecule has 2 rings (SSSR count). The first-order chi connectivity index (χ1) is 8.48. The number of nitrogens with zero attached hydrogens (tertiary/aromatic N) is 2. The molecule has 0 N–H and O–H groups in total. The van der Waals surface area contributed by atoms with Gasteiger partial charge in [0.1, 0.15) is 10.8 Å². The Labute approximate surface area is 109 Å². The average Bonchev–Trinajstić information content (AvgIpc) is 2.75. The van der Waals surface area contributed by atoms with Gasteiger partial charge in [-0.15, -0.1) is 11.3 Å². The van der Waals surface area contributed by atoms with Crippen molar-refractivity contribution < 1.29 is 8.42 Å². The van der Waals surface area contributed by atoms with Crippen LogP contribution in [0.15, 0.2) is 29.6 Å². The smallest absolute Gasteiger partial charge is 0.153 e. The summed E-state index contributed by atoms with van der Waals surface area (Å²) in [6.07, 6.45) is 1.19. The van der Waals surface area contributed by atoms with E-state index in [9.17, 15) is 8.42 Å². The van der Waals surface area contributed by atoms with Crippen molar-refractivity contribution >= 4 is 21.2 Å². The molecule has 0 aliphatic rings. The summed E-state index contributed by atoms with van der Waals surface area (Å²) in [7, 11) is -3.05. The number of benzene rings is 1. The molecule has 2 aromatic rings. The molecule has 0 fully saturated rings. The lowest BCUT2D eigenvalue weighted by molar-refractivity contribution is 0.601. The maximum atomic E-state index is 11.2. The van der Waals surface area contributed by atoms with Crippen molar-refractivity contribution in [1.82, 2.24) is 4.98 Å². The lowest BCUT2D eigenvalue weighted by atomic mass is 10.1. The van der Waals surface area contributed by atoms with Crippen molar-refractivity contribution in [2.24, 2.45) is 0 Å². The molecule has 0 saturated carbocycles. The fourth-order valence-corrected chi connectivity index (χ4v) is 3.46. The first-order valence-corrected chi connectivity index (χ1v) is 8.04. The van der Waals surface area contributed by atoms with Crippen molar-refractivity contribution in [3.05, 3.63) is 40.2 Å². The van der Waals surface area contributed by atoms with Gasteiger partial charge in [-0.25, -0.2) is 13.4 Å². The predicted molar refractivity (Wildman–Crippen MR) is 70.8 cm³/mol. The number of hydrogen-bond donors (Lipinski definition) is 0. The summed E-state index contributed by atoms with van der Waals surface area (Å²) in [6.45, 7) is 0. The molecule has 1 aromatic heterocycles. The van der Waals surface area contributed by atoms with Crippen LogP contribution in [0.2, 0.25) is 0 Å². The molecule has 4 nitrogen and oxygen atoms in total. The molecule has 0 radical (unpaired) electrons. The van der Waals surface area contributed by atoms with Gasteiger partial charge in [0.2, 0.25) is 0 Å². The SMILES string of the molecule is CS(=O)(=O)Cc1nc(-c2ccc(C#N)cc2)cs1. The molecule has 1 heterocycles. The van der Waals surface area contributed by atoms with Crippen molar-refractivity contribution in [2.75, 3.05) is 6.26 Å². The largest absolute Gasteiger partial charge is 0.240 e. The maximum absolute atomic E-state index is 11.2. The highest BCUT2D eigenvalue weighted by molar-refractivity contribution is 7.90. The number of thiazole rings is 1. The fraction of sp³-hybridized carbons (Fsp3) is 0.167. The average molecular weight is 278 g/mol. The highest BCUT2D eigenvalue weighted by Crippen LogP contribution is 2.23. The van der Waals surface area contributed by atoms with Crippen molar-refractivity contribution in [3.63, 3.8) is 0 Å². The summed E-state index contributed by atoms with van der Waals surface area (Å²) >= 11 is 1.33. The summed E-state index contributed by atoms with van der Waals surface area (Å²) in [5, 5.41) is 11.1. The Hall–Kier alpha value is -1.71. The second kappa shape index (κ2) is 4.88. The zero-order chi connectivity index (χ0) is 13.2. The van der Waals surface area contributed by atoms with Crippen LogP contribution in [0.4, 0.5) is 0 Å². The van der Waals surface area contributed by atoms with Crippen LogP contribution in [-0.2, 0) is 15.6 Å². The van der Waals surface area contributed by atoms with E-state index in [1.165, 1.54) is 17.6 Å². The second-order valence-electron chi connectivity index (χ2n) is 3.89. The highest BCUT2D eigenvalue weighted by Gasteiger charge is 2.10. The van der Waals surface area contributed by atoms with Crippen molar-refractivity contribution in [2.45, 2.75) is 5.75 Å². The van der Waals surface area contributed by atoms with Gasteiger partial charge in [0, 0.05) is 17.2 Å². The Kier molecular flexibility index (Phi) is 3.45. The van der Waals surface area contributed by atoms with E-state index in [0.29, 0.717) is 10.6 Å². The Balaban J connectivity index is 2.27. The monoisotopic (exact) mass is 278 g/mol. The summed E-state index contributed by atoms with van der Waals surface area (Å²) in [5.74, 6) is -0.0338. The summed E-state index contributed by atoms with van der Waals surface area (Å²) in [6, 6.07) is 9.08. The first kappa shape index (κ1) is 12.7. The second-order valence-corrected chi connectivity index (χ2v) is 6.97. The quantitative estimate of drug-likeness (QED) is 0.863. The van der Waals surface area contributed by atoms with E-state index < -0.39 is 9.84 Å². The highest BCUT2D eigenvalue weighted by atomic mass is 32.2. The molecule has 0 saturated heterocycles. The van der Waals surface area contributed by atoms with E-state index in [2.05, 4.69) is 4.98 Å². The van der Waals surface area contributed by atoms with Gasteiger partial charge in [-0.2, -0.15) is 5.26 Å². The van der Waals surface area contributed by atoms with Gasteiger partial charge in [0.15, 0.2) is 9.84 Å². The van der Waals surface area contributed by atoms with Crippen LogP contribution in [0, 0.1) is 11.3 Å². The minimum absolute atomic E-state index is 0.0338. The molecule has 6 heteroatoms. The molecule has 1 aromatic carbocycles. The zero-order valence-corrected chi connectivity index (χ0v) is 11.3. The topological polar surface area (TPSA) is 70.8 Å². The van der Waals surface area contributed by atoms with E-state index in [4.69, 9.17) is 5.26 Å². The molecule has 0 bridgehead atoms. The first-order valence-electron chi connectivity index (χ1n) is 5.10. The molecule has 18 heavy (non-hydrogen) atoms. The van der Waals surface area contributed by atoms with E-state index in [1.807, 2.05) is 11.4 Å². The van der Waals surface area contributed by atoms with Crippen LogP contribution in [-0.4, -0.2) is 19.7 Å². The predicted octanol–water partition coefficient (Wildman–Crippen LogP) is 2.23. The number of sulfone groups is 1. The van der Waals surface area contributed by atoms with Crippen LogP contribution in [0.5, 0.6) is 0 Å². The molecule has 92 valence electrons. The maximum Gasteiger partial charge on any atom is 0.153 e. The summed E-state index contributed by atoms with van der Waals surface area (Å²) in [4.78, 5) is 4.28. The normalized spacial score (nSPS) is 11.1. The van der Waals surface area contributed by atoms with Crippen LogP contribution in [0.1, 0.15) is 10.6 Å². The molecule has 0 unspecified atom stereocenters. The third kappa shape index (κ3) is 3.15. The number of rotatable bonds is 3. The molecule has 0 aliphatic heterocycles. The Morgan fingerprint density at radius 3 is 2.56 bits per heavy atom. The zero-order valence-electron chi connectivity index (χ0n) is 9.62. The lowest BCUT2D eigenvalue weighted by Gasteiger charge is -1.96. The lowest BCUT2D eigenvalue weighted by Crippen LogP contribution is -1.99. The van der Waals surface area contributed by atoms with E-state index in [1.54, 1.807) is 24.3 Å². The van der Waals surface area contributed by atoms with Gasteiger partial charge < -0.3 is 0 Å². The minimum atomic E-state index is -3.05. The van der Waals surface area contributed by atoms with Crippen LogP contribution < -0.4 is 0 Å². The number of nitriles is 1. The van der Waals surface area contributed by atoms with Gasteiger partial charge in [-0.1, -0.05) is 12.1 Å². The Morgan fingerprint density at radius 2 is 2.00 bits per heavy atom. The van der Waals surface area contributed by atoms with Gasteiger partial charge in [0.05, 0.1) is 17.3 Å². The molecule has 0 amide bonds. The van der Waals surface area contributed by atoms with Crippen molar-refractivity contribution in [3.8, 4) is 17.3 Å². The molecule has 0 aliphatic carbocycles. The van der Waals surface area contributed by atoms with E-state index >= 15 is 0 Å². The fourth-order valence-electron chi connectivity index (χ4n) is 1.45. The Morgan fingerprint density at radius 1 is 1.33 bits per heavy atom. The van der Waals surface area contributed by atoms with Gasteiger partial charge in [-0.05, 0) is 12.1 Å². The third-order valence-corrected chi connectivity index (χ3v) is 4.08. The van der Waals surface area contributed by atoms with E-state index in [0.717, 1.165) is 11.3 Å². The molecule has 0 atom stereocenters. The van der Waals surface area contributed by atoms with Gasteiger partial charge >= 0.3 is 0 Å². The number of aromatic nitrogens is 1. The molecular formula is C12H10N2O2S2. The van der Waals surface area contributed by atoms with Gasteiger partial charge in [-0.3, -0.25) is 0 Å². The molecule has 0 spiro atoms.